The van der Waals surface area contributed by atoms with Gasteiger partial charge in [0.15, 0.2) is 18.9 Å². The van der Waals surface area contributed by atoms with Crippen LogP contribution in [0, 0.1) is 0 Å². The number of carbonyl (C=O) groups excluding carboxylic acids is 1. The number of hydrogen-bond acceptors (Lipinski definition) is 16. The Bertz CT molecular complexity index is 862. The van der Waals surface area contributed by atoms with Crippen LogP contribution in [0.15, 0.2) is 0 Å². The summed E-state index contributed by atoms with van der Waals surface area (Å²) in [4.78, 5) is 12.9. The molecule has 2 bridgehead atoms. The first-order chi connectivity index (χ1) is 19.0. The van der Waals surface area contributed by atoms with Crippen LogP contribution in [0.2, 0.25) is 0 Å². The minimum atomic E-state index is -1.73. The monoisotopic (exact) mass is 580 g/mol. The van der Waals surface area contributed by atoms with Gasteiger partial charge in [-0.3, -0.25) is 4.79 Å². The largest absolute Gasteiger partial charge is 0.394 e. The summed E-state index contributed by atoms with van der Waals surface area (Å²) in [6.45, 7) is -0.343. The lowest BCUT2D eigenvalue weighted by Gasteiger charge is -2.47. The van der Waals surface area contributed by atoms with Crippen LogP contribution in [0.4, 0.5) is 0 Å². The fraction of sp³-hybridized carbons (Fsp3) is 0.957. The predicted octanol–water partition coefficient (Wildman–Crippen LogP) is -6.67. The molecule has 0 aromatic heterocycles. The molecule has 0 aromatic rings. The molecule has 1 saturated carbocycles. The maximum atomic E-state index is 12.9. The Morgan fingerprint density at radius 3 is 2.38 bits per heavy atom. The van der Waals surface area contributed by atoms with E-state index in [1.807, 2.05) is 0 Å². The molecule has 0 radical (unpaired) electrons. The van der Waals surface area contributed by atoms with Crippen molar-refractivity contribution in [2.24, 2.45) is 28.7 Å². The molecule has 17 nitrogen and oxygen atoms in total. The van der Waals surface area contributed by atoms with Gasteiger partial charge in [-0.05, 0) is 25.8 Å². The molecular formula is C23H44N6O11. The van der Waals surface area contributed by atoms with E-state index in [0.717, 1.165) is 0 Å². The molecule has 0 aromatic carbocycles. The van der Waals surface area contributed by atoms with Gasteiger partial charge < -0.3 is 83.2 Å². The van der Waals surface area contributed by atoms with Gasteiger partial charge in [-0.1, -0.05) is 0 Å². The molecule has 17 heteroatoms. The van der Waals surface area contributed by atoms with Crippen molar-refractivity contribution in [3.63, 3.8) is 0 Å². The van der Waals surface area contributed by atoms with Crippen molar-refractivity contribution in [2.45, 2.75) is 117 Å². The van der Waals surface area contributed by atoms with E-state index in [2.05, 4.69) is 5.32 Å². The quantitative estimate of drug-likeness (QED) is 0.114. The number of ether oxygens (including phenoxy) is 5. The lowest BCUT2D eigenvalue weighted by molar-refractivity contribution is -0.328. The molecule has 40 heavy (non-hydrogen) atoms. The van der Waals surface area contributed by atoms with Crippen LogP contribution in [0.1, 0.15) is 25.7 Å². The third-order valence-electron chi connectivity index (χ3n) is 8.24. The number of aliphatic hydroxyl groups is 5. The van der Waals surface area contributed by atoms with Gasteiger partial charge in [0.05, 0.1) is 43.0 Å². The van der Waals surface area contributed by atoms with Crippen molar-refractivity contribution >= 4 is 5.91 Å². The molecule has 0 spiro atoms. The normalized spacial score (nSPS) is 48.1. The molecule has 15 atom stereocenters. The highest BCUT2D eigenvalue weighted by Gasteiger charge is 2.65. The Labute approximate surface area is 231 Å². The van der Waals surface area contributed by atoms with Gasteiger partial charge in [-0.2, -0.15) is 0 Å². The number of nitrogens with one attached hydrogen (secondary N) is 1. The Kier molecular flexibility index (Phi) is 10.4. The Hall–Kier alpha value is -1.13. The summed E-state index contributed by atoms with van der Waals surface area (Å²) >= 11 is 0. The van der Waals surface area contributed by atoms with E-state index in [-0.39, 0.29) is 32.0 Å². The highest BCUT2D eigenvalue weighted by molar-refractivity contribution is 5.81. The zero-order chi connectivity index (χ0) is 29.4. The second-order valence-electron chi connectivity index (χ2n) is 11.0. The van der Waals surface area contributed by atoms with Gasteiger partial charge >= 0.3 is 0 Å². The lowest BCUT2D eigenvalue weighted by atomic mass is 9.75. The molecule has 1 aliphatic carbocycles. The molecule has 232 valence electrons. The van der Waals surface area contributed by atoms with Gasteiger partial charge in [0, 0.05) is 13.0 Å². The molecule has 3 heterocycles. The van der Waals surface area contributed by atoms with Gasteiger partial charge in [-0.15, -0.1) is 0 Å². The zero-order valence-corrected chi connectivity index (χ0v) is 22.1. The second-order valence-corrected chi connectivity index (χ2v) is 11.0. The molecule has 4 rings (SSSR count). The smallest absolute Gasteiger partial charge is 0.249 e. The van der Waals surface area contributed by atoms with Gasteiger partial charge in [0.1, 0.15) is 36.1 Å². The molecule has 4 aliphatic rings. The van der Waals surface area contributed by atoms with Crippen LogP contribution in [0.5, 0.6) is 0 Å². The van der Waals surface area contributed by atoms with E-state index in [0.29, 0.717) is 12.8 Å². The maximum Gasteiger partial charge on any atom is 0.249 e. The average molecular weight is 581 g/mol. The highest BCUT2D eigenvalue weighted by Crippen LogP contribution is 2.45. The van der Waals surface area contributed by atoms with Crippen molar-refractivity contribution < 1.29 is 54.0 Å². The SMILES string of the molecule is NCC[C@H](O)C(=O)NC12CC(O[C@@H]1O[C@H]1OC(CO)[C@@H](O)C(N)C1O)C(O[C@H]1OC(CN)CCC1N)[C@@H](N)C2O. The zero-order valence-electron chi connectivity index (χ0n) is 22.1. The number of amides is 1. The summed E-state index contributed by atoms with van der Waals surface area (Å²) < 4.78 is 29.6. The summed E-state index contributed by atoms with van der Waals surface area (Å²) in [5.41, 5.74) is 28.1. The minimum absolute atomic E-state index is 0.0227. The van der Waals surface area contributed by atoms with Crippen LogP contribution in [0.25, 0.3) is 0 Å². The van der Waals surface area contributed by atoms with Crippen LogP contribution in [0.3, 0.4) is 0 Å². The van der Waals surface area contributed by atoms with Crippen LogP contribution in [-0.4, -0.2) is 143 Å². The molecule has 16 N–H and O–H groups in total. The van der Waals surface area contributed by atoms with E-state index in [4.69, 9.17) is 52.4 Å². The fourth-order valence-corrected chi connectivity index (χ4v) is 5.78. The van der Waals surface area contributed by atoms with Gasteiger partial charge in [-0.25, -0.2) is 0 Å². The summed E-state index contributed by atoms with van der Waals surface area (Å²) in [7, 11) is 0. The van der Waals surface area contributed by atoms with E-state index >= 15 is 0 Å². The van der Waals surface area contributed by atoms with Gasteiger partial charge in [0.2, 0.25) is 5.91 Å². The summed E-state index contributed by atoms with van der Waals surface area (Å²) in [5.74, 6) is -0.859. The number of rotatable bonds is 10. The average Bonchev–Trinajstić information content (AvgIpc) is 3.26. The Morgan fingerprint density at radius 2 is 1.73 bits per heavy atom. The summed E-state index contributed by atoms with van der Waals surface area (Å²) in [6.07, 6.45) is -12.2. The van der Waals surface area contributed by atoms with Crippen molar-refractivity contribution in [3.8, 4) is 0 Å². The minimum Gasteiger partial charge on any atom is -0.394 e. The Balaban J connectivity index is 1.60. The molecular weight excluding hydrogens is 536 g/mol. The van der Waals surface area contributed by atoms with E-state index in [9.17, 15) is 30.3 Å². The number of carbonyl (C=O) groups is 1. The first-order valence-electron chi connectivity index (χ1n) is 13.6. The number of fused-ring (bicyclic) bond motifs is 2. The molecule has 3 saturated heterocycles. The van der Waals surface area contributed by atoms with E-state index < -0.39 is 97.8 Å². The van der Waals surface area contributed by atoms with Crippen LogP contribution < -0.4 is 34.0 Å². The third-order valence-corrected chi connectivity index (χ3v) is 8.24. The molecule has 1 amide bonds. The van der Waals surface area contributed by atoms with E-state index in [1.165, 1.54) is 0 Å². The molecule has 4 fully saturated rings. The summed E-state index contributed by atoms with van der Waals surface area (Å²) in [5, 5.41) is 54.8. The van der Waals surface area contributed by atoms with Crippen LogP contribution >= 0.6 is 0 Å². The Morgan fingerprint density at radius 1 is 1.00 bits per heavy atom. The number of hydrogen-bond donors (Lipinski definition) is 11. The second kappa shape index (κ2) is 13.0. The van der Waals surface area contributed by atoms with E-state index in [1.54, 1.807) is 0 Å². The van der Waals surface area contributed by atoms with Crippen molar-refractivity contribution in [2.75, 3.05) is 19.7 Å². The van der Waals surface area contributed by atoms with Crippen molar-refractivity contribution in [1.82, 2.24) is 5.32 Å². The molecule has 3 aliphatic heterocycles. The molecule has 9 unspecified atom stereocenters. The maximum absolute atomic E-state index is 12.9. The van der Waals surface area contributed by atoms with Crippen LogP contribution in [-0.2, 0) is 28.5 Å². The lowest BCUT2D eigenvalue weighted by Crippen LogP contribution is -2.73. The predicted molar refractivity (Wildman–Crippen MR) is 134 cm³/mol. The third kappa shape index (κ3) is 6.01. The summed E-state index contributed by atoms with van der Waals surface area (Å²) in [6, 6.07) is -2.90. The number of nitrogens with two attached hydrogens (primary N) is 5. The fourth-order valence-electron chi connectivity index (χ4n) is 5.78. The highest BCUT2D eigenvalue weighted by atomic mass is 16.8. The number of aliphatic hydroxyl groups excluding tert-OH is 5. The first-order valence-corrected chi connectivity index (χ1v) is 13.6. The topological polar surface area (TPSA) is 306 Å². The van der Waals surface area contributed by atoms with Crippen molar-refractivity contribution in [3.05, 3.63) is 0 Å². The first kappa shape index (κ1) is 31.8. The van der Waals surface area contributed by atoms with Crippen molar-refractivity contribution in [1.29, 1.82) is 0 Å². The van der Waals surface area contributed by atoms with Gasteiger partial charge in [0.25, 0.3) is 0 Å². The standard InChI is InChI=1S/C23H44N6O11/c24-4-3-10(31)19(35)29-23-5-11(38-22(23)40-21-16(33)13(27)15(32)12(7-30)37-21)17(14(28)18(23)34)39-20-9(26)2-1-8(6-25)36-20/h8-18,20-22,30-34H,1-7,24-28H2,(H,29,35)/t8?,9?,10-,11?,12?,13?,14+,15+,16?,17?,18?,20+,21+,22+,23?/m0/s1.